The lowest BCUT2D eigenvalue weighted by Crippen LogP contribution is -2.53. The molecule has 0 bridgehead atoms. The second-order valence-electron chi connectivity index (χ2n) is 7.08. The predicted octanol–water partition coefficient (Wildman–Crippen LogP) is 4.80. The van der Waals surface area contributed by atoms with Gasteiger partial charge in [0.25, 0.3) is 0 Å². The van der Waals surface area contributed by atoms with Crippen molar-refractivity contribution in [2.75, 3.05) is 13.6 Å². The van der Waals surface area contributed by atoms with Gasteiger partial charge in [-0.25, -0.2) is 0 Å². The lowest BCUT2D eigenvalue weighted by molar-refractivity contribution is -0.0967. The van der Waals surface area contributed by atoms with E-state index in [9.17, 15) is 0 Å². The Morgan fingerprint density at radius 2 is 1.89 bits per heavy atom. The van der Waals surface area contributed by atoms with Crippen molar-refractivity contribution >= 4 is 0 Å². The fraction of sp³-hybridized carbons (Fsp3) is 0.882. The van der Waals surface area contributed by atoms with Crippen LogP contribution < -0.4 is 0 Å². The third-order valence-electron chi connectivity index (χ3n) is 5.62. The zero-order chi connectivity index (χ0) is 14.1. The van der Waals surface area contributed by atoms with E-state index in [4.69, 9.17) is 0 Å². The molecule has 1 aliphatic carbocycles. The minimum Gasteiger partial charge on any atom is -0.378 e. The molecule has 1 heteroatoms. The van der Waals surface area contributed by atoms with E-state index in [1.54, 1.807) is 0 Å². The van der Waals surface area contributed by atoms with E-state index < -0.39 is 0 Å². The average molecular weight is 251 g/mol. The van der Waals surface area contributed by atoms with Gasteiger partial charge >= 0.3 is 0 Å². The van der Waals surface area contributed by atoms with Crippen molar-refractivity contribution in [1.82, 2.24) is 4.90 Å². The zero-order valence-electron chi connectivity index (χ0n) is 13.7. The molecular weight excluding hydrogens is 218 g/mol. The molecule has 1 rings (SSSR count). The number of hydrogen-bond donors (Lipinski definition) is 0. The van der Waals surface area contributed by atoms with Crippen LogP contribution >= 0.6 is 0 Å². The number of allylic oxidation sites excluding steroid dienone is 2. The summed E-state index contributed by atoms with van der Waals surface area (Å²) in [5, 5.41) is 0. The second kappa shape index (κ2) is 5.67. The molecule has 0 spiro atoms. The molecular formula is C17H33N. The Bertz CT molecular complexity index is 303. The molecule has 1 fully saturated rings. The molecule has 0 aromatic rings. The van der Waals surface area contributed by atoms with Gasteiger partial charge in [0, 0.05) is 19.3 Å². The molecule has 0 aliphatic heterocycles. The Hall–Kier alpha value is -0.460. The van der Waals surface area contributed by atoms with Crippen molar-refractivity contribution in [2.24, 2.45) is 29.1 Å². The monoisotopic (exact) mass is 251 g/mol. The van der Waals surface area contributed by atoms with E-state index >= 15 is 0 Å². The maximum absolute atomic E-state index is 2.49. The standard InChI is InChI=1S/C17H33N/c1-9-10-18(8)13(3)11-12(2)16-14(4)15(5)17(16,6)7/h11-12,14-16H,9-10H2,1-8H3/b13-11+. The van der Waals surface area contributed by atoms with Crippen LogP contribution in [0.25, 0.3) is 0 Å². The highest BCUT2D eigenvalue weighted by Crippen LogP contribution is 2.58. The second-order valence-corrected chi connectivity index (χ2v) is 7.08. The minimum atomic E-state index is 0.499. The van der Waals surface area contributed by atoms with Crippen LogP contribution in [0.1, 0.15) is 54.9 Å². The van der Waals surface area contributed by atoms with Gasteiger partial charge in [0.2, 0.25) is 0 Å². The number of hydrogen-bond acceptors (Lipinski definition) is 1. The summed E-state index contributed by atoms with van der Waals surface area (Å²) in [5.74, 6) is 3.23. The molecule has 0 N–H and O–H groups in total. The molecule has 0 amide bonds. The van der Waals surface area contributed by atoms with Crippen molar-refractivity contribution in [1.29, 1.82) is 0 Å². The first-order valence-corrected chi connectivity index (χ1v) is 7.63. The molecule has 18 heavy (non-hydrogen) atoms. The highest BCUT2D eigenvalue weighted by Gasteiger charge is 2.52. The predicted molar refractivity (Wildman–Crippen MR) is 81.4 cm³/mol. The van der Waals surface area contributed by atoms with E-state index in [0.29, 0.717) is 11.3 Å². The largest absolute Gasteiger partial charge is 0.378 e. The van der Waals surface area contributed by atoms with Gasteiger partial charge in [-0.05, 0) is 42.4 Å². The van der Waals surface area contributed by atoms with E-state index in [2.05, 4.69) is 66.5 Å². The van der Waals surface area contributed by atoms with Gasteiger partial charge in [-0.1, -0.05) is 47.6 Å². The van der Waals surface area contributed by atoms with E-state index in [0.717, 1.165) is 24.3 Å². The van der Waals surface area contributed by atoms with Gasteiger partial charge in [-0.2, -0.15) is 0 Å². The Kier molecular flexibility index (Phi) is 4.91. The minimum absolute atomic E-state index is 0.499. The van der Waals surface area contributed by atoms with Crippen LogP contribution in [0.3, 0.4) is 0 Å². The van der Waals surface area contributed by atoms with Gasteiger partial charge in [0.15, 0.2) is 0 Å². The molecule has 0 heterocycles. The fourth-order valence-corrected chi connectivity index (χ4v) is 4.13. The third kappa shape index (κ3) is 2.75. The molecule has 1 nitrogen and oxygen atoms in total. The summed E-state index contributed by atoms with van der Waals surface area (Å²) < 4.78 is 0. The fourth-order valence-electron chi connectivity index (χ4n) is 4.13. The molecule has 0 aromatic heterocycles. The molecule has 1 aliphatic rings. The van der Waals surface area contributed by atoms with Crippen LogP contribution in [0.15, 0.2) is 11.8 Å². The Balaban J connectivity index is 2.71. The van der Waals surface area contributed by atoms with Gasteiger partial charge in [-0.15, -0.1) is 0 Å². The quantitative estimate of drug-likeness (QED) is 0.678. The number of rotatable bonds is 5. The van der Waals surface area contributed by atoms with Crippen molar-refractivity contribution in [3.05, 3.63) is 11.8 Å². The average Bonchev–Trinajstić information content (AvgIpc) is 2.28. The molecule has 106 valence electrons. The van der Waals surface area contributed by atoms with Crippen LogP contribution in [-0.4, -0.2) is 18.5 Å². The topological polar surface area (TPSA) is 3.24 Å². The Morgan fingerprint density at radius 1 is 1.33 bits per heavy atom. The molecule has 0 radical (unpaired) electrons. The van der Waals surface area contributed by atoms with E-state index in [1.165, 1.54) is 12.1 Å². The lowest BCUT2D eigenvalue weighted by atomic mass is 9.46. The third-order valence-corrected chi connectivity index (χ3v) is 5.62. The summed E-state index contributed by atoms with van der Waals surface area (Å²) >= 11 is 0. The molecule has 0 aromatic carbocycles. The molecule has 4 atom stereocenters. The van der Waals surface area contributed by atoms with Crippen LogP contribution in [-0.2, 0) is 0 Å². The van der Waals surface area contributed by atoms with Crippen LogP contribution in [0, 0.1) is 29.1 Å². The van der Waals surface area contributed by atoms with Crippen molar-refractivity contribution in [3.63, 3.8) is 0 Å². The summed E-state index contributed by atoms with van der Waals surface area (Å²) in [6.45, 7) is 17.8. The first-order valence-electron chi connectivity index (χ1n) is 7.63. The maximum Gasteiger partial charge on any atom is 0.0168 e. The SMILES string of the molecule is CCCN(C)/C(C)=C/C(C)C1C(C)C(C)C1(C)C. The van der Waals surface area contributed by atoms with Gasteiger partial charge < -0.3 is 4.90 Å². The normalized spacial score (nSPS) is 32.9. The lowest BCUT2D eigenvalue weighted by Gasteiger charge is -2.58. The van der Waals surface area contributed by atoms with E-state index in [-0.39, 0.29) is 0 Å². The first-order chi connectivity index (χ1) is 8.23. The highest BCUT2D eigenvalue weighted by molar-refractivity contribution is 5.08. The van der Waals surface area contributed by atoms with Crippen LogP contribution in [0.4, 0.5) is 0 Å². The zero-order valence-corrected chi connectivity index (χ0v) is 13.7. The number of nitrogens with zero attached hydrogens (tertiary/aromatic N) is 1. The van der Waals surface area contributed by atoms with Crippen molar-refractivity contribution in [2.45, 2.75) is 54.9 Å². The van der Waals surface area contributed by atoms with Crippen molar-refractivity contribution < 1.29 is 0 Å². The molecule has 1 saturated carbocycles. The molecule has 0 saturated heterocycles. The van der Waals surface area contributed by atoms with Gasteiger partial charge in [-0.3, -0.25) is 0 Å². The van der Waals surface area contributed by atoms with Gasteiger partial charge in [0.1, 0.15) is 0 Å². The summed E-state index contributed by atoms with van der Waals surface area (Å²) in [5.41, 5.74) is 1.94. The van der Waals surface area contributed by atoms with E-state index in [1.807, 2.05) is 0 Å². The maximum atomic E-state index is 2.49. The molecule has 4 unspecified atom stereocenters. The summed E-state index contributed by atoms with van der Waals surface area (Å²) in [6.07, 6.45) is 3.71. The van der Waals surface area contributed by atoms with Gasteiger partial charge in [0.05, 0.1) is 0 Å². The summed E-state index contributed by atoms with van der Waals surface area (Å²) in [4.78, 5) is 2.39. The summed E-state index contributed by atoms with van der Waals surface area (Å²) in [6, 6.07) is 0. The Morgan fingerprint density at radius 3 is 2.33 bits per heavy atom. The first kappa shape index (κ1) is 15.6. The smallest absolute Gasteiger partial charge is 0.0168 e. The van der Waals surface area contributed by atoms with Crippen molar-refractivity contribution in [3.8, 4) is 0 Å². The highest BCUT2D eigenvalue weighted by atomic mass is 15.1. The van der Waals surface area contributed by atoms with Crippen LogP contribution in [0.5, 0.6) is 0 Å². The Labute approximate surface area is 115 Å². The summed E-state index contributed by atoms with van der Waals surface area (Å²) in [7, 11) is 2.21. The van der Waals surface area contributed by atoms with Crippen LogP contribution in [0.2, 0.25) is 0 Å².